The molecular weight excluding hydrogens is 396 g/mol. The van der Waals surface area contributed by atoms with Crippen molar-refractivity contribution in [3.8, 4) is 34.1 Å². The van der Waals surface area contributed by atoms with Crippen LogP contribution in [0, 0.1) is 13.8 Å². The SMILES string of the molecule is COc1cccc(-c2c(C)[nH]n3c(=O)c(-c4nc5c(OC)cccc5o4)c(C)nc23)c1. The van der Waals surface area contributed by atoms with Crippen molar-refractivity contribution in [2.75, 3.05) is 14.2 Å². The molecule has 5 rings (SSSR count). The van der Waals surface area contributed by atoms with Gasteiger partial charge in [0.25, 0.3) is 5.56 Å². The van der Waals surface area contributed by atoms with Gasteiger partial charge >= 0.3 is 0 Å². The van der Waals surface area contributed by atoms with Crippen LogP contribution in [0.5, 0.6) is 11.5 Å². The fraction of sp³-hybridized carbons (Fsp3) is 0.174. The van der Waals surface area contributed by atoms with Crippen molar-refractivity contribution >= 4 is 16.7 Å². The first-order chi connectivity index (χ1) is 15.0. The van der Waals surface area contributed by atoms with E-state index >= 15 is 0 Å². The van der Waals surface area contributed by atoms with Crippen molar-refractivity contribution < 1.29 is 13.9 Å². The molecule has 8 nitrogen and oxygen atoms in total. The van der Waals surface area contributed by atoms with Gasteiger partial charge in [-0.05, 0) is 43.7 Å². The Morgan fingerprint density at radius 3 is 2.58 bits per heavy atom. The fourth-order valence-corrected chi connectivity index (χ4v) is 3.86. The Labute approximate surface area is 177 Å². The number of aromatic amines is 1. The second kappa shape index (κ2) is 7.02. The number of H-pyrrole nitrogens is 1. The van der Waals surface area contributed by atoms with Gasteiger partial charge in [-0.25, -0.2) is 14.5 Å². The number of rotatable bonds is 4. The number of aromatic nitrogens is 4. The summed E-state index contributed by atoms with van der Waals surface area (Å²) in [5.74, 6) is 1.52. The molecule has 3 aromatic heterocycles. The molecule has 5 aromatic rings. The first-order valence-corrected chi connectivity index (χ1v) is 9.72. The molecule has 0 amide bonds. The van der Waals surface area contributed by atoms with E-state index in [0.717, 1.165) is 22.6 Å². The van der Waals surface area contributed by atoms with Crippen molar-refractivity contribution in [3.05, 3.63) is 64.2 Å². The number of para-hydroxylation sites is 1. The zero-order chi connectivity index (χ0) is 21.7. The Morgan fingerprint density at radius 1 is 1.00 bits per heavy atom. The van der Waals surface area contributed by atoms with Crippen LogP contribution in [0.25, 0.3) is 39.3 Å². The number of nitrogens with zero attached hydrogens (tertiary/aromatic N) is 3. The van der Waals surface area contributed by atoms with Crippen molar-refractivity contribution in [1.82, 2.24) is 19.6 Å². The molecule has 0 aliphatic rings. The van der Waals surface area contributed by atoms with Crippen molar-refractivity contribution in [2.45, 2.75) is 13.8 Å². The summed E-state index contributed by atoms with van der Waals surface area (Å²) in [4.78, 5) is 22.7. The van der Waals surface area contributed by atoms with E-state index in [0.29, 0.717) is 33.8 Å². The van der Waals surface area contributed by atoms with E-state index < -0.39 is 0 Å². The van der Waals surface area contributed by atoms with Crippen LogP contribution in [0.15, 0.2) is 51.7 Å². The average molecular weight is 416 g/mol. The Balaban J connectivity index is 1.75. The lowest BCUT2D eigenvalue weighted by Gasteiger charge is -2.05. The third kappa shape index (κ3) is 2.87. The monoisotopic (exact) mass is 416 g/mol. The summed E-state index contributed by atoms with van der Waals surface area (Å²) in [6.45, 7) is 3.68. The maximum Gasteiger partial charge on any atom is 0.285 e. The van der Waals surface area contributed by atoms with E-state index in [1.54, 1.807) is 33.3 Å². The summed E-state index contributed by atoms with van der Waals surface area (Å²) in [7, 11) is 3.19. The molecule has 1 N–H and O–H groups in total. The summed E-state index contributed by atoms with van der Waals surface area (Å²) in [5.41, 5.74) is 4.73. The van der Waals surface area contributed by atoms with Crippen LogP contribution in [0.4, 0.5) is 0 Å². The standard InChI is InChI=1S/C23H20N4O4/c1-12-19(22-25-20-16(30-4)9-6-10-17(20)31-22)23(28)27-21(24-12)18(13(2)26-27)14-7-5-8-15(11-14)29-3/h5-11,26H,1-4H3. The summed E-state index contributed by atoms with van der Waals surface area (Å²) in [5, 5.41) is 3.13. The molecular formula is C23H20N4O4. The number of hydrogen-bond acceptors (Lipinski definition) is 6. The summed E-state index contributed by atoms with van der Waals surface area (Å²) >= 11 is 0. The normalized spacial score (nSPS) is 11.4. The van der Waals surface area contributed by atoms with Crippen LogP contribution in [0.2, 0.25) is 0 Å². The number of benzene rings is 2. The molecule has 0 atom stereocenters. The predicted octanol–water partition coefficient (Wildman–Crippen LogP) is 4.13. The molecule has 0 aliphatic heterocycles. The molecule has 0 fully saturated rings. The lowest BCUT2D eigenvalue weighted by atomic mass is 10.1. The Morgan fingerprint density at radius 2 is 1.81 bits per heavy atom. The second-order valence-electron chi connectivity index (χ2n) is 7.21. The number of nitrogens with one attached hydrogen (secondary N) is 1. The maximum absolute atomic E-state index is 13.4. The molecule has 8 heteroatoms. The second-order valence-corrected chi connectivity index (χ2v) is 7.21. The number of fused-ring (bicyclic) bond motifs is 2. The maximum atomic E-state index is 13.4. The van der Waals surface area contributed by atoms with Crippen molar-refractivity contribution in [3.63, 3.8) is 0 Å². The first-order valence-electron chi connectivity index (χ1n) is 9.72. The van der Waals surface area contributed by atoms with Gasteiger partial charge in [0.15, 0.2) is 16.7 Å². The number of oxazole rings is 1. The van der Waals surface area contributed by atoms with Crippen LogP contribution < -0.4 is 15.0 Å². The molecule has 0 spiro atoms. The van der Waals surface area contributed by atoms with Gasteiger partial charge in [0.1, 0.15) is 17.1 Å². The molecule has 31 heavy (non-hydrogen) atoms. The number of methoxy groups -OCH3 is 2. The first kappa shape index (κ1) is 18.9. The molecule has 0 bridgehead atoms. The lowest BCUT2D eigenvalue weighted by molar-refractivity contribution is 0.415. The van der Waals surface area contributed by atoms with Gasteiger partial charge in [-0.2, -0.15) is 0 Å². The highest BCUT2D eigenvalue weighted by Crippen LogP contribution is 2.32. The van der Waals surface area contributed by atoms with Gasteiger partial charge in [0.05, 0.1) is 19.9 Å². The highest BCUT2D eigenvalue weighted by atomic mass is 16.5. The van der Waals surface area contributed by atoms with Gasteiger partial charge < -0.3 is 13.9 Å². The van der Waals surface area contributed by atoms with Gasteiger partial charge in [0.2, 0.25) is 5.89 Å². The lowest BCUT2D eigenvalue weighted by Crippen LogP contribution is -2.19. The predicted molar refractivity (Wildman–Crippen MR) is 117 cm³/mol. The number of hydrogen-bond donors (Lipinski definition) is 1. The zero-order valence-corrected chi connectivity index (χ0v) is 17.5. The minimum Gasteiger partial charge on any atom is -0.497 e. The fourth-order valence-electron chi connectivity index (χ4n) is 3.86. The van der Waals surface area contributed by atoms with E-state index in [4.69, 9.17) is 18.9 Å². The van der Waals surface area contributed by atoms with E-state index in [1.807, 2.05) is 37.3 Å². The Hall–Kier alpha value is -4.07. The molecule has 0 saturated heterocycles. The van der Waals surface area contributed by atoms with Crippen molar-refractivity contribution in [2.24, 2.45) is 0 Å². The van der Waals surface area contributed by atoms with Crippen LogP contribution >= 0.6 is 0 Å². The van der Waals surface area contributed by atoms with E-state index in [2.05, 4.69) is 10.1 Å². The van der Waals surface area contributed by atoms with Crippen molar-refractivity contribution in [1.29, 1.82) is 0 Å². The number of aryl methyl sites for hydroxylation is 2. The average Bonchev–Trinajstić information content (AvgIpc) is 3.34. The summed E-state index contributed by atoms with van der Waals surface area (Å²) in [6.07, 6.45) is 0. The largest absolute Gasteiger partial charge is 0.497 e. The zero-order valence-electron chi connectivity index (χ0n) is 17.5. The minimum atomic E-state index is -0.287. The van der Waals surface area contributed by atoms with E-state index in [1.165, 1.54) is 4.52 Å². The Kier molecular flexibility index (Phi) is 4.28. The third-order valence-corrected chi connectivity index (χ3v) is 5.32. The van der Waals surface area contributed by atoms with Crippen LogP contribution in [0.3, 0.4) is 0 Å². The summed E-state index contributed by atoms with van der Waals surface area (Å²) in [6, 6.07) is 13.0. The van der Waals surface area contributed by atoms with E-state index in [9.17, 15) is 4.79 Å². The molecule has 0 radical (unpaired) electrons. The van der Waals surface area contributed by atoms with Gasteiger partial charge in [-0.1, -0.05) is 18.2 Å². The smallest absolute Gasteiger partial charge is 0.285 e. The molecule has 2 aromatic carbocycles. The van der Waals surface area contributed by atoms with Gasteiger partial charge in [-0.15, -0.1) is 0 Å². The van der Waals surface area contributed by atoms with Gasteiger partial charge in [-0.3, -0.25) is 9.89 Å². The highest BCUT2D eigenvalue weighted by Gasteiger charge is 2.22. The highest BCUT2D eigenvalue weighted by molar-refractivity contribution is 5.84. The molecule has 156 valence electrons. The third-order valence-electron chi connectivity index (χ3n) is 5.32. The van der Waals surface area contributed by atoms with Crippen LogP contribution in [-0.2, 0) is 0 Å². The van der Waals surface area contributed by atoms with Gasteiger partial charge in [0, 0.05) is 11.3 Å². The van der Waals surface area contributed by atoms with Crippen LogP contribution in [0.1, 0.15) is 11.4 Å². The topological polar surface area (TPSA) is 94.7 Å². The minimum absolute atomic E-state index is 0.207. The molecule has 0 saturated carbocycles. The quantitative estimate of drug-likeness (QED) is 0.473. The van der Waals surface area contributed by atoms with Crippen LogP contribution in [-0.4, -0.2) is 33.8 Å². The Bertz CT molecular complexity index is 1510. The molecule has 0 unspecified atom stereocenters. The molecule has 0 aliphatic carbocycles. The summed E-state index contributed by atoms with van der Waals surface area (Å²) < 4.78 is 18.0. The molecule has 3 heterocycles. The van der Waals surface area contributed by atoms with E-state index in [-0.39, 0.29) is 11.4 Å². The number of ether oxygens (including phenoxy) is 2.